The number of aliphatic hydroxyl groups is 1. The fraction of sp³-hybridized carbons (Fsp3) is 0.467. The Morgan fingerprint density at radius 3 is 2.26 bits per heavy atom. The number of rotatable bonds is 3. The average Bonchev–Trinajstić information content (AvgIpc) is 2.60. The molecule has 1 fully saturated rings. The second-order valence-electron chi connectivity index (χ2n) is 6.30. The van der Waals surface area contributed by atoms with Gasteiger partial charge in [0, 0.05) is 0 Å². The highest BCUT2D eigenvalue weighted by Crippen LogP contribution is 2.33. The maximum Gasteiger partial charge on any atom is 0.416 e. The first-order valence-electron chi connectivity index (χ1n) is 6.89. The fourth-order valence-corrected chi connectivity index (χ4v) is 2.39. The number of nitrogens with zero attached hydrogens (tertiary/aromatic N) is 1. The van der Waals surface area contributed by atoms with Gasteiger partial charge in [0.25, 0.3) is 5.91 Å². The number of alkyl halides is 3. The van der Waals surface area contributed by atoms with Crippen molar-refractivity contribution in [3.8, 4) is 0 Å². The van der Waals surface area contributed by atoms with Crippen LogP contribution in [0.2, 0.25) is 0 Å². The van der Waals surface area contributed by atoms with Crippen LogP contribution in [0.3, 0.4) is 0 Å². The number of amides is 3. The SMILES string of the molecule is CC1(C)NC(=O)N(CC(C)(O)c2cccc(C(F)(F)F)c2)C1=O. The molecular formula is C15H17F3N2O3. The highest BCUT2D eigenvalue weighted by atomic mass is 19.4. The lowest BCUT2D eigenvalue weighted by Crippen LogP contribution is -2.44. The van der Waals surface area contributed by atoms with Gasteiger partial charge in [-0.1, -0.05) is 12.1 Å². The van der Waals surface area contributed by atoms with Crippen molar-refractivity contribution in [2.75, 3.05) is 6.54 Å². The van der Waals surface area contributed by atoms with Crippen LogP contribution in [0.4, 0.5) is 18.0 Å². The number of halogens is 3. The molecule has 1 atom stereocenters. The standard InChI is InChI=1S/C15H17F3N2O3/c1-13(2)11(21)20(12(22)19-13)8-14(3,23)9-5-4-6-10(7-9)15(16,17)18/h4-7,23H,8H2,1-3H3,(H,19,22). The third-order valence-electron chi connectivity index (χ3n) is 3.72. The molecule has 8 heteroatoms. The molecule has 0 bridgehead atoms. The van der Waals surface area contributed by atoms with Gasteiger partial charge < -0.3 is 10.4 Å². The number of carbonyl (C=O) groups is 2. The summed E-state index contributed by atoms with van der Waals surface area (Å²) in [7, 11) is 0. The molecule has 1 saturated heterocycles. The van der Waals surface area contributed by atoms with E-state index in [1.165, 1.54) is 32.9 Å². The van der Waals surface area contributed by atoms with Crippen LogP contribution in [0.25, 0.3) is 0 Å². The topological polar surface area (TPSA) is 69.6 Å². The summed E-state index contributed by atoms with van der Waals surface area (Å²) in [6.07, 6.45) is -4.55. The molecule has 0 aliphatic carbocycles. The summed E-state index contributed by atoms with van der Waals surface area (Å²) < 4.78 is 38.3. The molecule has 5 nitrogen and oxygen atoms in total. The van der Waals surface area contributed by atoms with Crippen molar-refractivity contribution in [2.45, 2.75) is 38.1 Å². The van der Waals surface area contributed by atoms with E-state index in [9.17, 15) is 27.9 Å². The molecule has 0 spiro atoms. The van der Waals surface area contributed by atoms with E-state index in [2.05, 4.69) is 5.32 Å². The lowest BCUT2D eigenvalue weighted by molar-refractivity contribution is -0.138. The van der Waals surface area contributed by atoms with Crippen LogP contribution in [-0.2, 0) is 16.6 Å². The van der Waals surface area contributed by atoms with E-state index in [1.807, 2.05) is 0 Å². The van der Waals surface area contributed by atoms with Gasteiger partial charge >= 0.3 is 12.2 Å². The Morgan fingerprint density at radius 2 is 1.78 bits per heavy atom. The second kappa shape index (κ2) is 5.23. The van der Waals surface area contributed by atoms with Crippen molar-refractivity contribution in [1.29, 1.82) is 0 Å². The zero-order valence-electron chi connectivity index (χ0n) is 12.9. The van der Waals surface area contributed by atoms with Crippen LogP contribution in [-0.4, -0.2) is 34.0 Å². The number of β-amino-alcohol motifs (C(OH)–C–C–N with tert-alkyl or cyclic N) is 1. The molecule has 126 valence electrons. The van der Waals surface area contributed by atoms with Gasteiger partial charge in [-0.15, -0.1) is 0 Å². The maximum absolute atomic E-state index is 12.8. The molecule has 0 saturated carbocycles. The fourth-order valence-electron chi connectivity index (χ4n) is 2.39. The van der Waals surface area contributed by atoms with Crippen molar-refractivity contribution in [3.63, 3.8) is 0 Å². The molecular weight excluding hydrogens is 313 g/mol. The first-order valence-corrected chi connectivity index (χ1v) is 6.89. The summed E-state index contributed by atoms with van der Waals surface area (Å²) >= 11 is 0. The molecule has 2 N–H and O–H groups in total. The second-order valence-corrected chi connectivity index (χ2v) is 6.30. The quantitative estimate of drug-likeness (QED) is 0.835. The van der Waals surface area contributed by atoms with Crippen LogP contribution in [0.1, 0.15) is 31.9 Å². The predicted octanol–water partition coefficient (Wildman–Crippen LogP) is 2.24. The Bertz CT molecular complexity index is 654. The van der Waals surface area contributed by atoms with E-state index in [-0.39, 0.29) is 5.56 Å². The monoisotopic (exact) mass is 330 g/mol. The van der Waals surface area contributed by atoms with Gasteiger partial charge in [-0.05, 0) is 38.5 Å². The molecule has 1 aliphatic rings. The molecule has 1 unspecified atom stereocenters. The lowest BCUT2D eigenvalue weighted by atomic mass is 9.93. The van der Waals surface area contributed by atoms with Crippen LogP contribution in [0.15, 0.2) is 24.3 Å². The van der Waals surface area contributed by atoms with Crippen molar-refractivity contribution in [2.24, 2.45) is 0 Å². The molecule has 2 rings (SSSR count). The first-order chi connectivity index (χ1) is 10.3. The Morgan fingerprint density at radius 1 is 1.22 bits per heavy atom. The van der Waals surface area contributed by atoms with Gasteiger partial charge in [-0.2, -0.15) is 13.2 Å². The summed E-state index contributed by atoms with van der Waals surface area (Å²) in [5, 5.41) is 12.9. The highest BCUT2D eigenvalue weighted by Gasteiger charge is 2.46. The number of carbonyl (C=O) groups excluding carboxylic acids is 2. The highest BCUT2D eigenvalue weighted by molar-refractivity contribution is 6.06. The van der Waals surface area contributed by atoms with Gasteiger partial charge in [0.15, 0.2) is 0 Å². The van der Waals surface area contributed by atoms with E-state index in [0.29, 0.717) is 0 Å². The number of hydrogen-bond acceptors (Lipinski definition) is 3. The summed E-state index contributed by atoms with van der Waals surface area (Å²) in [4.78, 5) is 24.8. The van der Waals surface area contributed by atoms with Crippen LogP contribution >= 0.6 is 0 Å². The minimum atomic E-state index is -4.55. The molecule has 3 amide bonds. The molecule has 1 aromatic carbocycles. The number of nitrogens with one attached hydrogen (secondary N) is 1. The third-order valence-corrected chi connectivity index (χ3v) is 3.72. The van der Waals surface area contributed by atoms with Gasteiger partial charge in [0.05, 0.1) is 12.1 Å². The summed E-state index contributed by atoms with van der Waals surface area (Å²) in [5.41, 5.74) is -3.86. The minimum Gasteiger partial charge on any atom is -0.384 e. The van der Waals surface area contributed by atoms with Gasteiger partial charge in [0.2, 0.25) is 0 Å². The van der Waals surface area contributed by atoms with E-state index < -0.39 is 41.4 Å². The summed E-state index contributed by atoms with van der Waals surface area (Å²) in [6, 6.07) is 3.49. The minimum absolute atomic E-state index is 0.0300. The van der Waals surface area contributed by atoms with Gasteiger partial charge in [0.1, 0.15) is 11.1 Å². The summed E-state index contributed by atoms with van der Waals surface area (Å²) in [5.74, 6) is -0.547. The van der Waals surface area contributed by atoms with Crippen molar-refractivity contribution < 1.29 is 27.9 Å². The summed E-state index contributed by atoms with van der Waals surface area (Å²) in [6.45, 7) is 3.83. The Balaban J connectivity index is 2.29. The molecule has 23 heavy (non-hydrogen) atoms. The van der Waals surface area contributed by atoms with Crippen LogP contribution in [0.5, 0.6) is 0 Å². The predicted molar refractivity (Wildman–Crippen MR) is 75.3 cm³/mol. The zero-order valence-corrected chi connectivity index (χ0v) is 12.9. The molecule has 1 aromatic rings. The van der Waals surface area contributed by atoms with Crippen molar-refractivity contribution in [3.05, 3.63) is 35.4 Å². The maximum atomic E-state index is 12.8. The largest absolute Gasteiger partial charge is 0.416 e. The van der Waals surface area contributed by atoms with E-state index in [1.54, 1.807) is 0 Å². The number of benzene rings is 1. The molecule has 0 radical (unpaired) electrons. The van der Waals surface area contributed by atoms with Crippen molar-refractivity contribution in [1.82, 2.24) is 10.2 Å². The number of hydrogen-bond donors (Lipinski definition) is 2. The molecule has 1 aliphatic heterocycles. The average molecular weight is 330 g/mol. The smallest absolute Gasteiger partial charge is 0.384 e. The van der Waals surface area contributed by atoms with E-state index in [0.717, 1.165) is 17.0 Å². The van der Waals surface area contributed by atoms with Gasteiger partial charge in [-0.25, -0.2) is 4.79 Å². The number of urea groups is 1. The van der Waals surface area contributed by atoms with E-state index >= 15 is 0 Å². The van der Waals surface area contributed by atoms with Gasteiger partial charge in [-0.3, -0.25) is 9.69 Å². The molecule has 0 aromatic heterocycles. The molecule has 1 heterocycles. The normalized spacial score (nSPS) is 20.4. The Kier molecular flexibility index (Phi) is 3.92. The van der Waals surface area contributed by atoms with Crippen LogP contribution in [0, 0.1) is 0 Å². The Labute approximate surface area is 131 Å². The third kappa shape index (κ3) is 3.31. The zero-order chi connectivity index (χ0) is 17.6. The van der Waals surface area contributed by atoms with Crippen LogP contribution < -0.4 is 5.32 Å². The number of imide groups is 1. The lowest BCUT2D eigenvalue weighted by Gasteiger charge is -2.28. The first kappa shape index (κ1) is 17.3. The Hall–Kier alpha value is -2.09. The van der Waals surface area contributed by atoms with Crippen molar-refractivity contribution >= 4 is 11.9 Å². The van der Waals surface area contributed by atoms with E-state index in [4.69, 9.17) is 0 Å².